The number of aromatic nitrogens is 2. The molecule has 33 heavy (non-hydrogen) atoms. The first-order chi connectivity index (χ1) is 15.3. The Morgan fingerprint density at radius 3 is 2.00 bits per heavy atom. The summed E-state index contributed by atoms with van der Waals surface area (Å²) in [4.78, 5) is 67.0. The molecular weight excluding hydrogens is 436 g/mol. The minimum absolute atomic E-state index is 0.0821. The van der Waals surface area contributed by atoms with Crippen LogP contribution in [-0.2, 0) is 30.4 Å². The summed E-state index contributed by atoms with van der Waals surface area (Å²) in [7, 11) is 0. The number of aliphatic carboxylic acids is 2. The molecule has 0 bridgehead atoms. The minimum Gasteiger partial charge on any atom is -0.481 e. The Kier molecular flexibility index (Phi) is 10.5. The number of carbonyl (C=O) groups is 5. The second kappa shape index (κ2) is 12.5. The first kappa shape index (κ1) is 27.6. The van der Waals surface area contributed by atoms with Gasteiger partial charge < -0.3 is 36.9 Å². The van der Waals surface area contributed by atoms with Gasteiger partial charge >= 0.3 is 11.9 Å². The van der Waals surface area contributed by atoms with Crippen LogP contribution in [0.15, 0.2) is 12.5 Å². The van der Waals surface area contributed by atoms with Crippen LogP contribution in [-0.4, -0.2) is 74.0 Å². The molecule has 8 N–H and O–H groups in total. The molecule has 0 saturated heterocycles. The lowest BCUT2D eigenvalue weighted by Gasteiger charge is -2.27. The molecule has 4 atom stereocenters. The molecule has 3 amide bonds. The summed E-state index contributed by atoms with van der Waals surface area (Å²) in [5.41, 5.74) is 6.31. The molecule has 0 aliphatic rings. The molecule has 0 spiro atoms. The number of nitrogens with zero attached hydrogens (tertiary/aromatic N) is 1. The number of nitrogens with two attached hydrogens (primary N) is 1. The fraction of sp³-hybridized carbons (Fsp3) is 0.600. The number of hydrogen-bond donors (Lipinski definition) is 7. The molecule has 0 aliphatic carbocycles. The lowest BCUT2D eigenvalue weighted by Crippen LogP contribution is -2.59. The second-order valence-corrected chi connectivity index (χ2v) is 8.34. The maximum Gasteiger partial charge on any atom is 0.326 e. The van der Waals surface area contributed by atoms with Gasteiger partial charge in [0.2, 0.25) is 17.7 Å². The second-order valence-electron chi connectivity index (χ2n) is 8.34. The van der Waals surface area contributed by atoms with E-state index in [1.807, 2.05) is 0 Å². The Morgan fingerprint density at radius 1 is 0.939 bits per heavy atom. The molecule has 1 rings (SSSR count). The average molecular weight is 469 g/mol. The van der Waals surface area contributed by atoms with Crippen LogP contribution in [0.1, 0.15) is 39.8 Å². The molecule has 0 aliphatic heterocycles. The van der Waals surface area contributed by atoms with Crippen molar-refractivity contribution in [1.82, 2.24) is 25.9 Å². The van der Waals surface area contributed by atoms with Crippen LogP contribution in [0.25, 0.3) is 0 Å². The molecule has 0 fully saturated rings. The Morgan fingerprint density at radius 2 is 1.55 bits per heavy atom. The third kappa shape index (κ3) is 8.88. The van der Waals surface area contributed by atoms with E-state index >= 15 is 0 Å². The summed E-state index contributed by atoms with van der Waals surface area (Å²) in [6, 6.07) is -4.82. The van der Waals surface area contributed by atoms with Gasteiger partial charge in [-0.05, 0) is 11.8 Å². The predicted molar refractivity (Wildman–Crippen MR) is 116 cm³/mol. The van der Waals surface area contributed by atoms with Gasteiger partial charge in [0.1, 0.15) is 18.1 Å². The van der Waals surface area contributed by atoms with Crippen LogP contribution in [0.2, 0.25) is 0 Å². The quantitative estimate of drug-likeness (QED) is 0.181. The van der Waals surface area contributed by atoms with Crippen LogP contribution in [0, 0.1) is 11.8 Å². The monoisotopic (exact) mass is 468 g/mol. The normalized spacial score (nSPS) is 14.8. The molecule has 13 heteroatoms. The highest BCUT2D eigenvalue weighted by Gasteiger charge is 2.33. The molecule has 13 nitrogen and oxygen atoms in total. The van der Waals surface area contributed by atoms with Gasteiger partial charge in [-0.3, -0.25) is 19.2 Å². The maximum absolute atomic E-state index is 13.0. The van der Waals surface area contributed by atoms with Crippen molar-refractivity contribution in [2.45, 2.75) is 64.7 Å². The molecule has 0 radical (unpaired) electrons. The molecule has 1 aromatic heterocycles. The number of nitrogens with one attached hydrogen (secondary N) is 4. The summed E-state index contributed by atoms with van der Waals surface area (Å²) in [6.45, 7) is 6.91. The molecule has 0 saturated carbocycles. The van der Waals surface area contributed by atoms with Gasteiger partial charge in [0.15, 0.2) is 0 Å². The van der Waals surface area contributed by atoms with E-state index in [0.29, 0.717) is 5.69 Å². The van der Waals surface area contributed by atoms with Crippen molar-refractivity contribution in [2.24, 2.45) is 17.6 Å². The number of hydrogen-bond acceptors (Lipinski definition) is 7. The van der Waals surface area contributed by atoms with Crippen LogP contribution in [0.4, 0.5) is 0 Å². The lowest BCUT2D eigenvalue weighted by molar-refractivity contribution is -0.147. The van der Waals surface area contributed by atoms with Crippen molar-refractivity contribution in [3.8, 4) is 0 Å². The number of carboxylic acids is 2. The van der Waals surface area contributed by atoms with Gasteiger partial charge in [-0.15, -0.1) is 0 Å². The Balaban J connectivity index is 3.06. The molecule has 184 valence electrons. The van der Waals surface area contributed by atoms with Crippen molar-refractivity contribution in [3.63, 3.8) is 0 Å². The van der Waals surface area contributed by atoms with E-state index in [-0.39, 0.29) is 18.3 Å². The van der Waals surface area contributed by atoms with Gasteiger partial charge in [-0.1, -0.05) is 27.7 Å². The zero-order valence-electron chi connectivity index (χ0n) is 19.0. The van der Waals surface area contributed by atoms with Crippen LogP contribution in [0.5, 0.6) is 0 Å². The number of carboxylic acid groups (broad SMARTS) is 2. The van der Waals surface area contributed by atoms with Crippen LogP contribution in [0.3, 0.4) is 0 Å². The first-order valence-corrected chi connectivity index (χ1v) is 10.4. The van der Waals surface area contributed by atoms with Gasteiger partial charge in [0.25, 0.3) is 0 Å². The highest BCUT2D eigenvalue weighted by molar-refractivity contribution is 5.94. The SMILES string of the molecule is CC(C)C(N)C(=O)NC(C(=O)NC(Cc1cnc[nH]1)C(=O)NC(CC(=O)O)C(=O)O)C(C)C. The van der Waals surface area contributed by atoms with E-state index in [2.05, 4.69) is 25.9 Å². The van der Waals surface area contributed by atoms with Crippen molar-refractivity contribution in [2.75, 3.05) is 0 Å². The number of carbonyl (C=O) groups excluding carboxylic acids is 3. The number of H-pyrrole nitrogens is 1. The molecule has 0 aromatic carbocycles. The zero-order chi connectivity index (χ0) is 25.3. The fourth-order valence-corrected chi connectivity index (χ4v) is 2.82. The van der Waals surface area contributed by atoms with E-state index in [0.717, 1.165) is 0 Å². The lowest BCUT2D eigenvalue weighted by atomic mass is 9.99. The van der Waals surface area contributed by atoms with E-state index in [9.17, 15) is 29.1 Å². The Hall–Kier alpha value is -3.48. The van der Waals surface area contributed by atoms with E-state index in [4.69, 9.17) is 10.8 Å². The number of amides is 3. The molecule has 4 unspecified atom stereocenters. The topological polar surface area (TPSA) is 217 Å². The van der Waals surface area contributed by atoms with E-state index in [1.54, 1.807) is 27.7 Å². The average Bonchev–Trinajstić information content (AvgIpc) is 3.22. The molecule has 1 aromatic rings. The van der Waals surface area contributed by atoms with E-state index < -0.39 is 60.2 Å². The van der Waals surface area contributed by atoms with E-state index in [1.165, 1.54) is 12.5 Å². The zero-order valence-corrected chi connectivity index (χ0v) is 19.0. The number of aromatic amines is 1. The summed E-state index contributed by atoms with van der Waals surface area (Å²) >= 11 is 0. The van der Waals surface area contributed by atoms with Crippen molar-refractivity contribution < 1.29 is 34.2 Å². The van der Waals surface area contributed by atoms with Gasteiger partial charge in [0, 0.05) is 18.3 Å². The summed E-state index contributed by atoms with van der Waals surface area (Å²) in [5, 5.41) is 25.3. The van der Waals surface area contributed by atoms with Crippen LogP contribution >= 0.6 is 0 Å². The summed E-state index contributed by atoms with van der Waals surface area (Å²) < 4.78 is 0. The summed E-state index contributed by atoms with van der Waals surface area (Å²) in [6.07, 6.45) is 1.85. The highest BCUT2D eigenvalue weighted by Crippen LogP contribution is 2.07. The standard InChI is InChI=1S/C20H32N6O7/c1-9(2)15(21)18(30)26-16(10(3)4)19(31)24-12(5-11-7-22-8-23-11)17(29)25-13(20(32)33)6-14(27)28/h7-10,12-13,15-16H,5-6,21H2,1-4H3,(H,22,23)(H,24,31)(H,25,29)(H,26,30)(H,27,28)(H,32,33). The van der Waals surface area contributed by atoms with Crippen LogP contribution < -0.4 is 21.7 Å². The third-order valence-corrected chi connectivity index (χ3v) is 4.87. The summed E-state index contributed by atoms with van der Waals surface area (Å²) in [5.74, 6) is -5.59. The fourth-order valence-electron chi connectivity index (χ4n) is 2.82. The Bertz CT molecular complexity index is 840. The number of rotatable bonds is 13. The van der Waals surface area contributed by atoms with Crippen molar-refractivity contribution >= 4 is 29.7 Å². The van der Waals surface area contributed by atoms with Gasteiger partial charge in [-0.25, -0.2) is 9.78 Å². The smallest absolute Gasteiger partial charge is 0.326 e. The number of imidazole rings is 1. The predicted octanol–water partition coefficient (Wildman–Crippen LogP) is -1.39. The third-order valence-electron chi connectivity index (χ3n) is 4.87. The largest absolute Gasteiger partial charge is 0.481 e. The van der Waals surface area contributed by atoms with Gasteiger partial charge in [0.05, 0.1) is 18.8 Å². The van der Waals surface area contributed by atoms with Crippen molar-refractivity contribution in [3.05, 3.63) is 18.2 Å². The molecular formula is C20H32N6O7. The maximum atomic E-state index is 13.0. The van der Waals surface area contributed by atoms with Crippen molar-refractivity contribution in [1.29, 1.82) is 0 Å². The first-order valence-electron chi connectivity index (χ1n) is 10.4. The Labute approximate surface area is 190 Å². The highest BCUT2D eigenvalue weighted by atomic mass is 16.4. The van der Waals surface area contributed by atoms with Gasteiger partial charge in [-0.2, -0.15) is 0 Å². The molecule has 1 heterocycles. The minimum atomic E-state index is -1.69.